The number of amides is 1. The molecule has 0 spiro atoms. The number of anilines is 3. The van der Waals surface area contributed by atoms with Crippen molar-refractivity contribution in [2.45, 2.75) is 0 Å². The topological polar surface area (TPSA) is 83.4 Å². The Morgan fingerprint density at radius 3 is 2.36 bits per heavy atom. The first kappa shape index (κ1) is 18.8. The zero-order chi connectivity index (χ0) is 19.8. The minimum atomic E-state index is -0.270. The van der Waals surface area contributed by atoms with Crippen molar-refractivity contribution in [1.29, 1.82) is 5.26 Å². The summed E-state index contributed by atoms with van der Waals surface area (Å²) in [6.07, 6.45) is 0. The molecule has 140 valence electrons. The van der Waals surface area contributed by atoms with Gasteiger partial charge in [0, 0.05) is 17.1 Å². The molecular formula is C22H19N3O3. The van der Waals surface area contributed by atoms with Crippen LogP contribution in [0.1, 0.15) is 5.56 Å². The minimum Gasteiger partial charge on any atom is -0.493 e. The average Bonchev–Trinajstić information content (AvgIpc) is 2.74. The Balaban J connectivity index is 1.55. The molecule has 6 nitrogen and oxygen atoms in total. The molecule has 0 heterocycles. The van der Waals surface area contributed by atoms with Crippen LogP contribution in [0, 0.1) is 11.3 Å². The molecule has 6 heteroatoms. The molecule has 0 atom stereocenters. The summed E-state index contributed by atoms with van der Waals surface area (Å²) in [7, 11) is 1.55. The molecule has 0 saturated carbocycles. The maximum Gasteiger partial charge on any atom is 0.262 e. The molecule has 0 aliphatic carbocycles. The fourth-order valence-corrected chi connectivity index (χ4v) is 2.55. The maximum atomic E-state index is 12.1. The van der Waals surface area contributed by atoms with Gasteiger partial charge in [-0.2, -0.15) is 5.26 Å². The summed E-state index contributed by atoms with van der Waals surface area (Å²) in [5.41, 5.74) is 2.91. The summed E-state index contributed by atoms with van der Waals surface area (Å²) in [6, 6.07) is 23.7. The van der Waals surface area contributed by atoms with Gasteiger partial charge >= 0.3 is 0 Å². The van der Waals surface area contributed by atoms with Gasteiger partial charge < -0.3 is 20.1 Å². The van der Waals surface area contributed by atoms with Crippen molar-refractivity contribution in [3.63, 3.8) is 0 Å². The lowest BCUT2D eigenvalue weighted by atomic mass is 10.2. The second-order valence-electron chi connectivity index (χ2n) is 5.88. The number of ether oxygens (including phenoxy) is 2. The average molecular weight is 373 g/mol. The molecule has 28 heavy (non-hydrogen) atoms. The molecule has 0 saturated heterocycles. The normalized spacial score (nSPS) is 9.86. The predicted octanol–water partition coefficient (Wildman–Crippen LogP) is 4.33. The van der Waals surface area contributed by atoms with Gasteiger partial charge in [-0.15, -0.1) is 0 Å². The first-order valence-electron chi connectivity index (χ1n) is 8.61. The van der Waals surface area contributed by atoms with Crippen LogP contribution < -0.4 is 20.1 Å². The second kappa shape index (κ2) is 9.10. The molecule has 0 unspecified atom stereocenters. The number of hydrogen-bond donors (Lipinski definition) is 2. The smallest absolute Gasteiger partial charge is 0.262 e. The number of hydrogen-bond acceptors (Lipinski definition) is 5. The Hall–Kier alpha value is -3.98. The summed E-state index contributed by atoms with van der Waals surface area (Å²) < 4.78 is 10.7. The van der Waals surface area contributed by atoms with Crippen LogP contribution in [0.3, 0.4) is 0 Å². The van der Waals surface area contributed by atoms with Crippen LogP contribution in [0.4, 0.5) is 17.1 Å². The van der Waals surface area contributed by atoms with E-state index in [2.05, 4.69) is 16.7 Å². The van der Waals surface area contributed by atoms with Crippen molar-refractivity contribution in [3.05, 3.63) is 78.4 Å². The van der Waals surface area contributed by atoms with E-state index < -0.39 is 0 Å². The highest BCUT2D eigenvalue weighted by Crippen LogP contribution is 2.25. The Labute approximate surface area is 163 Å². The monoisotopic (exact) mass is 373 g/mol. The van der Waals surface area contributed by atoms with E-state index >= 15 is 0 Å². The lowest BCUT2D eigenvalue weighted by Gasteiger charge is -2.11. The van der Waals surface area contributed by atoms with E-state index in [1.54, 1.807) is 43.5 Å². The summed E-state index contributed by atoms with van der Waals surface area (Å²) in [5, 5.41) is 15.0. The molecule has 0 aliphatic rings. The van der Waals surface area contributed by atoms with Crippen molar-refractivity contribution in [2.75, 3.05) is 24.4 Å². The molecule has 0 fully saturated rings. The first-order chi connectivity index (χ1) is 13.7. The molecule has 3 rings (SSSR count). The fraction of sp³-hybridized carbons (Fsp3) is 0.0909. The quantitative estimate of drug-likeness (QED) is 0.644. The number of nitrogens with one attached hydrogen (secondary N) is 2. The van der Waals surface area contributed by atoms with Gasteiger partial charge in [0.2, 0.25) is 0 Å². The highest BCUT2D eigenvalue weighted by molar-refractivity contribution is 5.92. The Morgan fingerprint density at radius 1 is 0.929 bits per heavy atom. The third-order valence-corrected chi connectivity index (χ3v) is 3.88. The van der Waals surface area contributed by atoms with Crippen LogP contribution in [0.5, 0.6) is 11.5 Å². The number of nitrogens with zero attached hydrogens (tertiary/aromatic N) is 1. The molecule has 3 aromatic carbocycles. The molecule has 2 N–H and O–H groups in total. The van der Waals surface area contributed by atoms with Crippen LogP contribution >= 0.6 is 0 Å². The van der Waals surface area contributed by atoms with E-state index in [4.69, 9.17) is 14.7 Å². The van der Waals surface area contributed by atoms with E-state index in [0.29, 0.717) is 22.7 Å². The van der Waals surface area contributed by atoms with Gasteiger partial charge in [0.25, 0.3) is 5.91 Å². The molecular weight excluding hydrogens is 354 g/mol. The van der Waals surface area contributed by atoms with Gasteiger partial charge in [-0.1, -0.05) is 18.2 Å². The zero-order valence-corrected chi connectivity index (χ0v) is 15.3. The SMILES string of the molecule is COc1ccccc1OCC(=O)Nc1ccc(Nc2cccc(C#N)c2)cc1. The van der Waals surface area contributed by atoms with Crippen LogP contribution in [0.15, 0.2) is 72.8 Å². The number of benzene rings is 3. The highest BCUT2D eigenvalue weighted by Gasteiger charge is 2.07. The minimum absolute atomic E-state index is 0.124. The van der Waals surface area contributed by atoms with Gasteiger partial charge in [-0.05, 0) is 54.6 Å². The molecule has 0 radical (unpaired) electrons. The first-order valence-corrected chi connectivity index (χ1v) is 8.61. The van der Waals surface area contributed by atoms with Crippen LogP contribution in [-0.2, 0) is 4.79 Å². The third kappa shape index (κ3) is 5.02. The maximum absolute atomic E-state index is 12.1. The summed E-state index contributed by atoms with van der Waals surface area (Å²) >= 11 is 0. The molecule has 0 aromatic heterocycles. The Bertz CT molecular complexity index is 994. The number of rotatable bonds is 7. The number of nitriles is 1. The number of carbonyl (C=O) groups is 1. The van der Waals surface area contributed by atoms with Crippen molar-refractivity contribution in [2.24, 2.45) is 0 Å². The van der Waals surface area contributed by atoms with E-state index in [-0.39, 0.29) is 12.5 Å². The highest BCUT2D eigenvalue weighted by atomic mass is 16.5. The summed E-state index contributed by atoms with van der Waals surface area (Å²) in [4.78, 5) is 12.1. The Kier molecular flexibility index (Phi) is 6.11. The van der Waals surface area contributed by atoms with E-state index in [1.165, 1.54) is 0 Å². The largest absolute Gasteiger partial charge is 0.493 e. The molecule has 3 aromatic rings. The van der Waals surface area contributed by atoms with E-state index in [9.17, 15) is 4.79 Å². The zero-order valence-electron chi connectivity index (χ0n) is 15.3. The molecule has 0 aliphatic heterocycles. The van der Waals surface area contributed by atoms with Crippen LogP contribution in [0.25, 0.3) is 0 Å². The third-order valence-electron chi connectivity index (χ3n) is 3.88. The van der Waals surface area contributed by atoms with Crippen molar-refractivity contribution >= 4 is 23.0 Å². The summed E-state index contributed by atoms with van der Waals surface area (Å²) in [6.45, 7) is -0.124. The van der Waals surface area contributed by atoms with Crippen LogP contribution in [-0.4, -0.2) is 19.6 Å². The van der Waals surface area contributed by atoms with Crippen molar-refractivity contribution < 1.29 is 14.3 Å². The van der Waals surface area contributed by atoms with Crippen molar-refractivity contribution in [3.8, 4) is 17.6 Å². The van der Waals surface area contributed by atoms with Crippen LogP contribution in [0.2, 0.25) is 0 Å². The molecule has 1 amide bonds. The number of para-hydroxylation sites is 2. The lowest BCUT2D eigenvalue weighted by molar-refractivity contribution is -0.118. The van der Waals surface area contributed by atoms with Gasteiger partial charge in [-0.25, -0.2) is 0 Å². The second-order valence-corrected chi connectivity index (χ2v) is 5.88. The van der Waals surface area contributed by atoms with Crippen molar-refractivity contribution in [1.82, 2.24) is 0 Å². The van der Waals surface area contributed by atoms with Gasteiger partial charge in [-0.3, -0.25) is 4.79 Å². The van der Waals surface area contributed by atoms with Gasteiger partial charge in [0.05, 0.1) is 18.7 Å². The predicted molar refractivity (Wildman–Crippen MR) is 108 cm³/mol. The van der Waals surface area contributed by atoms with E-state index in [0.717, 1.165) is 11.4 Å². The lowest BCUT2D eigenvalue weighted by Crippen LogP contribution is -2.20. The number of carbonyl (C=O) groups excluding carboxylic acids is 1. The summed E-state index contributed by atoms with van der Waals surface area (Å²) in [5.74, 6) is 0.818. The van der Waals surface area contributed by atoms with Gasteiger partial charge in [0.1, 0.15) is 0 Å². The standard InChI is InChI=1S/C22H19N3O3/c1-27-20-7-2-3-8-21(20)28-15-22(26)25-18-11-9-17(10-12-18)24-19-6-4-5-16(13-19)14-23/h2-13,24H,15H2,1H3,(H,25,26). The molecule has 0 bridgehead atoms. The van der Waals surface area contributed by atoms with E-state index in [1.807, 2.05) is 36.4 Å². The number of methoxy groups -OCH3 is 1. The fourth-order valence-electron chi connectivity index (χ4n) is 2.55. The Morgan fingerprint density at radius 2 is 1.64 bits per heavy atom. The van der Waals surface area contributed by atoms with Gasteiger partial charge in [0.15, 0.2) is 18.1 Å².